The van der Waals surface area contributed by atoms with E-state index in [4.69, 9.17) is 4.74 Å². The van der Waals surface area contributed by atoms with E-state index in [1.54, 1.807) is 0 Å². The number of para-hydroxylation sites is 1. The second kappa shape index (κ2) is 8.79. The van der Waals surface area contributed by atoms with Gasteiger partial charge in [-0.25, -0.2) is 0 Å². The maximum Gasteiger partial charge on any atom is 0.257 e. The average Bonchev–Trinajstić information content (AvgIpc) is 2.49. The number of hydrogen-bond donors (Lipinski definition) is 1. The van der Waals surface area contributed by atoms with Crippen molar-refractivity contribution in [2.45, 2.75) is 40.0 Å². The van der Waals surface area contributed by atoms with Gasteiger partial charge in [-0.2, -0.15) is 0 Å². The number of ether oxygens (including phenoxy) is 1. The van der Waals surface area contributed by atoms with E-state index in [-0.39, 0.29) is 17.9 Å². The van der Waals surface area contributed by atoms with Crippen molar-refractivity contribution >= 4 is 5.91 Å². The SMILES string of the molecule is CCN(CC)CCNC(=O)COc1ccccc1C(C)(C)C. The molecule has 0 heterocycles. The van der Waals surface area contributed by atoms with Crippen molar-refractivity contribution in [2.75, 3.05) is 32.8 Å². The fraction of sp³-hybridized carbons (Fsp3) is 0.611. The lowest BCUT2D eigenvalue weighted by Gasteiger charge is -2.22. The van der Waals surface area contributed by atoms with E-state index in [0.717, 1.165) is 30.9 Å². The van der Waals surface area contributed by atoms with Crippen LogP contribution in [0, 0.1) is 0 Å². The molecule has 0 fully saturated rings. The Hall–Kier alpha value is -1.55. The van der Waals surface area contributed by atoms with E-state index in [1.807, 2.05) is 24.3 Å². The molecule has 0 saturated carbocycles. The van der Waals surface area contributed by atoms with Crippen molar-refractivity contribution in [2.24, 2.45) is 0 Å². The van der Waals surface area contributed by atoms with Gasteiger partial charge in [0, 0.05) is 13.1 Å². The Labute approximate surface area is 134 Å². The minimum Gasteiger partial charge on any atom is -0.483 e. The van der Waals surface area contributed by atoms with Crippen molar-refractivity contribution in [3.8, 4) is 5.75 Å². The highest BCUT2D eigenvalue weighted by molar-refractivity contribution is 5.77. The van der Waals surface area contributed by atoms with Gasteiger partial charge in [0.05, 0.1) is 0 Å². The van der Waals surface area contributed by atoms with Gasteiger partial charge in [0.25, 0.3) is 5.91 Å². The second-order valence-corrected chi connectivity index (χ2v) is 6.41. The van der Waals surface area contributed by atoms with Gasteiger partial charge in [-0.15, -0.1) is 0 Å². The van der Waals surface area contributed by atoms with Crippen LogP contribution in [0.1, 0.15) is 40.2 Å². The molecule has 4 heteroatoms. The Morgan fingerprint density at radius 2 is 1.82 bits per heavy atom. The third-order valence-electron chi connectivity index (χ3n) is 3.70. The molecule has 1 N–H and O–H groups in total. The molecule has 1 rings (SSSR count). The quantitative estimate of drug-likeness (QED) is 0.803. The van der Waals surface area contributed by atoms with Crippen LogP contribution in [0.2, 0.25) is 0 Å². The number of amides is 1. The predicted molar refractivity (Wildman–Crippen MR) is 91.4 cm³/mol. The molecular formula is C18H30N2O2. The Morgan fingerprint density at radius 3 is 2.41 bits per heavy atom. The molecule has 0 radical (unpaired) electrons. The van der Waals surface area contributed by atoms with Gasteiger partial charge in [-0.3, -0.25) is 4.79 Å². The summed E-state index contributed by atoms with van der Waals surface area (Å²) in [5, 5.41) is 2.90. The minimum absolute atomic E-state index is 0.00414. The number of benzene rings is 1. The lowest BCUT2D eigenvalue weighted by molar-refractivity contribution is -0.123. The highest BCUT2D eigenvalue weighted by atomic mass is 16.5. The van der Waals surface area contributed by atoms with Gasteiger partial charge in [0.15, 0.2) is 6.61 Å². The molecule has 0 spiro atoms. The van der Waals surface area contributed by atoms with Crippen LogP contribution in [0.25, 0.3) is 0 Å². The van der Waals surface area contributed by atoms with Gasteiger partial charge >= 0.3 is 0 Å². The normalized spacial score (nSPS) is 11.5. The van der Waals surface area contributed by atoms with E-state index in [2.05, 4.69) is 44.8 Å². The Bertz CT molecular complexity index is 462. The van der Waals surface area contributed by atoms with Gasteiger partial charge < -0.3 is 15.0 Å². The summed E-state index contributed by atoms with van der Waals surface area (Å²) >= 11 is 0. The van der Waals surface area contributed by atoms with Crippen LogP contribution in [0.15, 0.2) is 24.3 Å². The van der Waals surface area contributed by atoms with Crippen molar-refractivity contribution in [3.63, 3.8) is 0 Å². The van der Waals surface area contributed by atoms with Crippen LogP contribution in [0.4, 0.5) is 0 Å². The third-order valence-corrected chi connectivity index (χ3v) is 3.70. The zero-order chi connectivity index (χ0) is 16.6. The van der Waals surface area contributed by atoms with E-state index < -0.39 is 0 Å². The Kier molecular flexibility index (Phi) is 7.39. The number of rotatable bonds is 8. The van der Waals surface area contributed by atoms with Crippen molar-refractivity contribution < 1.29 is 9.53 Å². The van der Waals surface area contributed by atoms with Crippen molar-refractivity contribution in [1.82, 2.24) is 10.2 Å². The molecule has 4 nitrogen and oxygen atoms in total. The molecule has 1 amide bonds. The summed E-state index contributed by atoms with van der Waals surface area (Å²) in [6, 6.07) is 7.90. The summed E-state index contributed by atoms with van der Waals surface area (Å²) in [4.78, 5) is 14.2. The number of hydrogen-bond acceptors (Lipinski definition) is 3. The standard InChI is InChI=1S/C18H30N2O2/c1-6-20(7-2)13-12-19-17(21)14-22-16-11-9-8-10-15(16)18(3,4)5/h8-11H,6-7,12-14H2,1-5H3,(H,19,21). The lowest BCUT2D eigenvalue weighted by atomic mass is 9.86. The Balaban J connectivity index is 2.45. The molecule has 124 valence electrons. The first-order valence-electron chi connectivity index (χ1n) is 8.09. The van der Waals surface area contributed by atoms with Crippen LogP contribution in [0.5, 0.6) is 5.75 Å². The zero-order valence-electron chi connectivity index (χ0n) is 14.6. The van der Waals surface area contributed by atoms with Crippen molar-refractivity contribution in [1.29, 1.82) is 0 Å². The maximum atomic E-state index is 11.9. The number of nitrogens with one attached hydrogen (secondary N) is 1. The fourth-order valence-corrected chi connectivity index (χ4v) is 2.30. The van der Waals surface area contributed by atoms with Gasteiger partial charge in [0.1, 0.15) is 5.75 Å². The highest BCUT2D eigenvalue weighted by Crippen LogP contribution is 2.30. The number of likely N-dealkylation sites (N-methyl/N-ethyl adjacent to an activating group) is 1. The highest BCUT2D eigenvalue weighted by Gasteiger charge is 2.18. The zero-order valence-corrected chi connectivity index (χ0v) is 14.6. The molecule has 0 aliphatic carbocycles. The smallest absolute Gasteiger partial charge is 0.257 e. The molecule has 0 aromatic heterocycles. The summed E-state index contributed by atoms with van der Waals surface area (Å²) < 4.78 is 5.71. The average molecular weight is 306 g/mol. The van der Waals surface area contributed by atoms with Crippen LogP contribution < -0.4 is 10.1 Å². The molecule has 0 atom stereocenters. The molecule has 1 aromatic carbocycles. The molecule has 0 aliphatic heterocycles. The lowest BCUT2D eigenvalue weighted by Crippen LogP contribution is -2.37. The first-order valence-corrected chi connectivity index (χ1v) is 8.09. The number of carbonyl (C=O) groups is 1. The van der Waals surface area contributed by atoms with E-state index in [1.165, 1.54) is 0 Å². The summed E-state index contributed by atoms with van der Waals surface area (Å²) in [5.74, 6) is 0.713. The van der Waals surface area contributed by atoms with Gasteiger partial charge in [-0.05, 0) is 30.1 Å². The number of carbonyl (C=O) groups excluding carboxylic acids is 1. The molecular weight excluding hydrogens is 276 g/mol. The van der Waals surface area contributed by atoms with Crippen LogP contribution in [-0.4, -0.2) is 43.6 Å². The molecule has 0 unspecified atom stereocenters. The maximum absolute atomic E-state index is 11.9. The molecule has 0 saturated heterocycles. The summed E-state index contributed by atoms with van der Waals surface area (Å²) in [7, 11) is 0. The third kappa shape index (κ3) is 6.06. The van der Waals surface area contributed by atoms with E-state index in [9.17, 15) is 4.79 Å². The van der Waals surface area contributed by atoms with Crippen LogP contribution in [-0.2, 0) is 10.2 Å². The van der Waals surface area contributed by atoms with E-state index >= 15 is 0 Å². The van der Waals surface area contributed by atoms with E-state index in [0.29, 0.717) is 6.54 Å². The molecule has 0 aliphatic rings. The topological polar surface area (TPSA) is 41.6 Å². The van der Waals surface area contributed by atoms with Crippen LogP contribution in [0.3, 0.4) is 0 Å². The Morgan fingerprint density at radius 1 is 1.18 bits per heavy atom. The fourth-order valence-electron chi connectivity index (χ4n) is 2.30. The second-order valence-electron chi connectivity index (χ2n) is 6.41. The monoisotopic (exact) mass is 306 g/mol. The first-order chi connectivity index (χ1) is 10.4. The summed E-state index contributed by atoms with van der Waals surface area (Å²) in [5.41, 5.74) is 1.11. The van der Waals surface area contributed by atoms with Gasteiger partial charge in [-0.1, -0.05) is 52.8 Å². The predicted octanol–water partition coefficient (Wildman–Crippen LogP) is 2.82. The van der Waals surface area contributed by atoms with Gasteiger partial charge in [0.2, 0.25) is 0 Å². The summed E-state index contributed by atoms with van der Waals surface area (Å²) in [6.07, 6.45) is 0. The first kappa shape index (κ1) is 18.5. The largest absolute Gasteiger partial charge is 0.483 e. The molecule has 22 heavy (non-hydrogen) atoms. The number of nitrogens with zero attached hydrogens (tertiary/aromatic N) is 1. The van der Waals surface area contributed by atoms with Crippen LogP contribution >= 0.6 is 0 Å². The molecule has 0 bridgehead atoms. The summed E-state index contributed by atoms with van der Waals surface area (Å²) in [6.45, 7) is 14.3. The molecule has 1 aromatic rings. The minimum atomic E-state index is -0.0733. The van der Waals surface area contributed by atoms with Crippen molar-refractivity contribution in [3.05, 3.63) is 29.8 Å².